The summed E-state index contributed by atoms with van der Waals surface area (Å²) in [5, 5.41) is 11.3. The van der Waals surface area contributed by atoms with E-state index in [2.05, 4.69) is 27.6 Å². The molecule has 0 amide bonds. The Morgan fingerprint density at radius 2 is 2.19 bits per heavy atom. The number of hydrogen-bond donors (Lipinski definition) is 2. The zero-order valence-electron chi connectivity index (χ0n) is 16.0. The van der Waals surface area contributed by atoms with E-state index in [1.807, 2.05) is 23.7 Å². The molecule has 1 saturated carbocycles. The van der Waals surface area contributed by atoms with Crippen LogP contribution in [0.25, 0.3) is 0 Å². The summed E-state index contributed by atoms with van der Waals surface area (Å²) < 4.78 is 16.2. The third-order valence-corrected chi connectivity index (χ3v) is 5.49. The van der Waals surface area contributed by atoms with Gasteiger partial charge in [-0.15, -0.1) is 0 Å². The Morgan fingerprint density at radius 1 is 1.37 bits per heavy atom. The SMILES string of the molecule is CCNC(=NCC1(c2ccccc2F)CC1)NC1CCc2nc(C)nn2C1. The largest absolute Gasteiger partial charge is 0.357 e. The Labute approximate surface area is 159 Å². The molecule has 0 spiro atoms. The van der Waals surface area contributed by atoms with E-state index < -0.39 is 0 Å². The fourth-order valence-electron chi connectivity index (χ4n) is 3.85. The minimum Gasteiger partial charge on any atom is -0.357 e. The highest BCUT2D eigenvalue weighted by Crippen LogP contribution is 2.49. The van der Waals surface area contributed by atoms with Crippen LogP contribution in [0.15, 0.2) is 29.3 Å². The molecule has 2 heterocycles. The van der Waals surface area contributed by atoms with Crippen LogP contribution in [0.2, 0.25) is 0 Å². The van der Waals surface area contributed by atoms with Gasteiger partial charge in [-0.2, -0.15) is 5.10 Å². The van der Waals surface area contributed by atoms with Crippen molar-refractivity contribution >= 4 is 5.96 Å². The fraction of sp³-hybridized carbons (Fsp3) is 0.550. The summed E-state index contributed by atoms with van der Waals surface area (Å²) >= 11 is 0. The smallest absolute Gasteiger partial charge is 0.191 e. The molecule has 0 saturated heterocycles. The molecule has 27 heavy (non-hydrogen) atoms. The molecule has 144 valence electrons. The first-order valence-corrected chi connectivity index (χ1v) is 9.80. The molecule has 1 aromatic heterocycles. The highest BCUT2D eigenvalue weighted by Gasteiger charge is 2.45. The monoisotopic (exact) mass is 370 g/mol. The Kier molecular flexibility index (Phi) is 4.85. The summed E-state index contributed by atoms with van der Waals surface area (Å²) in [7, 11) is 0. The van der Waals surface area contributed by atoms with Crippen molar-refractivity contribution in [3.05, 3.63) is 47.3 Å². The van der Waals surface area contributed by atoms with Gasteiger partial charge >= 0.3 is 0 Å². The predicted molar refractivity (Wildman–Crippen MR) is 103 cm³/mol. The first-order valence-electron chi connectivity index (χ1n) is 9.80. The van der Waals surface area contributed by atoms with Gasteiger partial charge in [0.25, 0.3) is 0 Å². The lowest BCUT2D eigenvalue weighted by atomic mass is 9.95. The van der Waals surface area contributed by atoms with Crippen molar-refractivity contribution in [2.45, 2.75) is 57.5 Å². The lowest BCUT2D eigenvalue weighted by Gasteiger charge is -2.26. The molecule has 2 aromatic rings. The maximum atomic E-state index is 14.2. The standard InChI is InChI=1S/C20H27FN6/c1-3-22-19(25-15-8-9-18-24-14(2)26-27(18)12-15)23-13-20(10-11-20)16-6-4-5-7-17(16)21/h4-7,15H,3,8-13H2,1-2H3,(H2,22,23,25). The summed E-state index contributed by atoms with van der Waals surface area (Å²) in [6, 6.07) is 7.36. The number of nitrogens with zero attached hydrogens (tertiary/aromatic N) is 4. The maximum absolute atomic E-state index is 14.2. The van der Waals surface area contributed by atoms with Gasteiger partial charge in [-0.25, -0.2) is 14.1 Å². The molecule has 1 aliphatic heterocycles. The highest BCUT2D eigenvalue weighted by atomic mass is 19.1. The average molecular weight is 370 g/mol. The number of rotatable bonds is 5. The Hall–Kier alpha value is -2.44. The van der Waals surface area contributed by atoms with Crippen molar-refractivity contribution in [1.82, 2.24) is 25.4 Å². The average Bonchev–Trinajstić information content (AvgIpc) is 3.34. The number of guanidine groups is 1. The van der Waals surface area contributed by atoms with E-state index in [-0.39, 0.29) is 17.3 Å². The zero-order valence-corrected chi connectivity index (χ0v) is 16.0. The maximum Gasteiger partial charge on any atom is 0.191 e. The highest BCUT2D eigenvalue weighted by molar-refractivity contribution is 5.80. The van der Waals surface area contributed by atoms with Crippen molar-refractivity contribution < 1.29 is 4.39 Å². The molecule has 1 unspecified atom stereocenters. The zero-order chi connectivity index (χ0) is 18.9. The van der Waals surface area contributed by atoms with Gasteiger partial charge < -0.3 is 10.6 Å². The quantitative estimate of drug-likeness (QED) is 0.626. The van der Waals surface area contributed by atoms with Crippen molar-refractivity contribution in [3.8, 4) is 0 Å². The number of halogens is 1. The number of hydrogen-bond acceptors (Lipinski definition) is 3. The van der Waals surface area contributed by atoms with E-state index in [0.29, 0.717) is 6.54 Å². The Morgan fingerprint density at radius 3 is 2.93 bits per heavy atom. The van der Waals surface area contributed by atoms with Crippen molar-refractivity contribution in [3.63, 3.8) is 0 Å². The van der Waals surface area contributed by atoms with Gasteiger partial charge in [-0.05, 0) is 44.7 Å². The van der Waals surface area contributed by atoms with E-state index in [4.69, 9.17) is 4.99 Å². The molecule has 1 atom stereocenters. The summed E-state index contributed by atoms with van der Waals surface area (Å²) in [5.41, 5.74) is 0.654. The molecule has 1 fully saturated rings. The number of fused-ring (bicyclic) bond motifs is 1. The van der Waals surface area contributed by atoms with Crippen LogP contribution >= 0.6 is 0 Å². The molecule has 7 heteroatoms. The van der Waals surface area contributed by atoms with Gasteiger partial charge in [-0.1, -0.05) is 18.2 Å². The van der Waals surface area contributed by atoms with Gasteiger partial charge in [0.1, 0.15) is 17.5 Å². The van der Waals surface area contributed by atoms with Crippen LogP contribution in [0.3, 0.4) is 0 Å². The van der Waals surface area contributed by atoms with E-state index in [1.54, 1.807) is 12.1 Å². The van der Waals surface area contributed by atoms with Gasteiger partial charge in [0.2, 0.25) is 0 Å². The number of benzene rings is 1. The van der Waals surface area contributed by atoms with E-state index in [0.717, 1.165) is 61.9 Å². The normalized spacial score (nSPS) is 20.9. The van der Waals surface area contributed by atoms with E-state index in [9.17, 15) is 4.39 Å². The molecular formula is C20H27FN6. The van der Waals surface area contributed by atoms with Crippen LogP contribution in [0.1, 0.15) is 43.4 Å². The van der Waals surface area contributed by atoms with Crippen molar-refractivity contribution in [1.29, 1.82) is 0 Å². The van der Waals surface area contributed by atoms with Crippen molar-refractivity contribution in [2.24, 2.45) is 4.99 Å². The van der Waals surface area contributed by atoms with Gasteiger partial charge in [0.15, 0.2) is 5.96 Å². The number of aryl methyl sites for hydroxylation is 2. The van der Waals surface area contributed by atoms with E-state index >= 15 is 0 Å². The van der Waals surface area contributed by atoms with Crippen LogP contribution in [0, 0.1) is 12.7 Å². The summed E-state index contributed by atoms with van der Waals surface area (Å²) in [6.07, 6.45) is 3.89. The fourth-order valence-corrected chi connectivity index (χ4v) is 3.85. The van der Waals surface area contributed by atoms with Crippen LogP contribution in [-0.4, -0.2) is 39.9 Å². The van der Waals surface area contributed by atoms with Crippen LogP contribution < -0.4 is 10.6 Å². The lowest BCUT2D eigenvalue weighted by molar-refractivity contribution is 0.392. The minimum atomic E-state index is -0.142. The molecule has 1 aromatic carbocycles. The predicted octanol–water partition coefficient (Wildman–Crippen LogP) is 2.33. The van der Waals surface area contributed by atoms with Gasteiger partial charge in [0.05, 0.1) is 13.1 Å². The van der Waals surface area contributed by atoms with Crippen LogP contribution in [-0.2, 0) is 18.4 Å². The molecule has 0 radical (unpaired) electrons. The topological polar surface area (TPSA) is 67.1 Å². The van der Waals surface area contributed by atoms with Gasteiger partial charge in [0, 0.05) is 24.4 Å². The number of nitrogens with one attached hydrogen (secondary N) is 2. The summed E-state index contributed by atoms with van der Waals surface area (Å²) in [6.45, 7) is 6.17. The summed E-state index contributed by atoms with van der Waals surface area (Å²) in [4.78, 5) is 9.27. The van der Waals surface area contributed by atoms with Gasteiger partial charge in [-0.3, -0.25) is 4.99 Å². The molecular weight excluding hydrogens is 343 g/mol. The van der Waals surface area contributed by atoms with Crippen molar-refractivity contribution in [2.75, 3.05) is 13.1 Å². The second-order valence-electron chi connectivity index (χ2n) is 7.59. The minimum absolute atomic E-state index is 0.121. The third kappa shape index (κ3) is 3.82. The Balaban J connectivity index is 1.44. The first-order chi connectivity index (χ1) is 13.1. The molecule has 2 aliphatic rings. The molecule has 2 N–H and O–H groups in total. The van der Waals surface area contributed by atoms with E-state index in [1.165, 1.54) is 0 Å². The molecule has 4 rings (SSSR count). The molecule has 1 aliphatic carbocycles. The Bertz CT molecular complexity index is 839. The van der Waals surface area contributed by atoms with Crippen LogP contribution in [0.5, 0.6) is 0 Å². The second kappa shape index (κ2) is 7.29. The molecule has 6 nitrogen and oxygen atoms in total. The summed E-state index contributed by atoms with van der Waals surface area (Å²) in [5.74, 6) is 2.56. The van der Waals surface area contributed by atoms with Crippen LogP contribution in [0.4, 0.5) is 4.39 Å². The number of aromatic nitrogens is 3. The lowest BCUT2D eigenvalue weighted by Crippen LogP contribution is -2.47. The first kappa shape index (κ1) is 17.9. The number of aliphatic imine (C=N–C) groups is 1. The third-order valence-electron chi connectivity index (χ3n) is 5.49. The second-order valence-corrected chi connectivity index (χ2v) is 7.59. The molecule has 0 bridgehead atoms.